The van der Waals surface area contributed by atoms with Crippen molar-refractivity contribution in [3.8, 4) is 0 Å². The molecule has 0 unspecified atom stereocenters. The molecule has 2 heterocycles. The molecule has 1 aromatic heterocycles. The number of H-pyrrole nitrogens is 1. The lowest BCUT2D eigenvalue weighted by Gasteiger charge is -2.20. The number of nitrogens with zero attached hydrogens (tertiary/aromatic N) is 1. The molecule has 2 N–H and O–H groups in total. The number of fused-ring (bicyclic) bond motifs is 1. The van der Waals surface area contributed by atoms with Crippen LogP contribution in [0.2, 0.25) is 0 Å². The van der Waals surface area contributed by atoms with Gasteiger partial charge in [0.05, 0.1) is 5.41 Å². The Balaban J connectivity index is 1.94. The number of carbonyl (C=O) groups is 2. The van der Waals surface area contributed by atoms with E-state index in [1.54, 1.807) is 37.3 Å². The zero-order chi connectivity index (χ0) is 15.9. The predicted octanol–water partition coefficient (Wildman–Crippen LogP) is 1.46. The fraction of sp³-hybridized carbons (Fsp3) is 0.312. The molecule has 114 valence electrons. The number of rotatable bonds is 2. The molecule has 0 radical (unpaired) electrons. The van der Waals surface area contributed by atoms with E-state index in [-0.39, 0.29) is 23.7 Å². The fourth-order valence-corrected chi connectivity index (χ4v) is 2.81. The van der Waals surface area contributed by atoms with E-state index < -0.39 is 11.4 Å². The number of pyridine rings is 1. The van der Waals surface area contributed by atoms with Crippen molar-refractivity contribution >= 4 is 22.6 Å². The van der Waals surface area contributed by atoms with Crippen molar-refractivity contribution in [1.82, 2.24) is 9.88 Å². The minimum atomic E-state index is -0.924. The van der Waals surface area contributed by atoms with Crippen molar-refractivity contribution in [2.24, 2.45) is 5.41 Å². The molecule has 0 spiro atoms. The van der Waals surface area contributed by atoms with E-state index in [2.05, 4.69) is 4.98 Å². The highest BCUT2D eigenvalue weighted by Crippen LogP contribution is 2.30. The van der Waals surface area contributed by atoms with Crippen LogP contribution in [-0.4, -0.2) is 40.0 Å². The lowest BCUT2D eigenvalue weighted by molar-refractivity contribution is -0.147. The number of likely N-dealkylation sites (tertiary alicyclic amines) is 1. The van der Waals surface area contributed by atoms with Gasteiger partial charge in [0.25, 0.3) is 11.5 Å². The summed E-state index contributed by atoms with van der Waals surface area (Å²) in [5.74, 6) is -1.25. The highest BCUT2D eigenvalue weighted by Gasteiger charge is 2.42. The van der Waals surface area contributed by atoms with Crippen LogP contribution in [0.1, 0.15) is 23.8 Å². The number of carboxylic acid groups (broad SMARTS) is 1. The van der Waals surface area contributed by atoms with E-state index in [0.29, 0.717) is 23.7 Å². The molecule has 1 aliphatic heterocycles. The largest absolute Gasteiger partial charge is 0.481 e. The number of carboxylic acids is 1. The van der Waals surface area contributed by atoms with Gasteiger partial charge in [-0.05, 0) is 30.9 Å². The van der Waals surface area contributed by atoms with Gasteiger partial charge in [-0.1, -0.05) is 18.2 Å². The summed E-state index contributed by atoms with van der Waals surface area (Å²) >= 11 is 0. The summed E-state index contributed by atoms with van der Waals surface area (Å²) in [6.45, 7) is 2.15. The molecule has 2 aromatic rings. The quantitative estimate of drug-likeness (QED) is 0.878. The molecule has 1 aromatic carbocycles. The number of carbonyl (C=O) groups excluding carboxylic acids is 1. The molecule has 3 rings (SSSR count). The van der Waals surface area contributed by atoms with Crippen LogP contribution in [0, 0.1) is 5.41 Å². The molecular formula is C16H16N2O4. The van der Waals surface area contributed by atoms with Gasteiger partial charge in [0.15, 0.2) is 0 Å². The maximum absolute atomic E-state index is 12.5. The maximum atomic E-state index is 12.5. The first-order valence-corrected chi connectivity index (χ1v) is 7.05. The molecule has 6 nitrogen and oxygen atoms in total. The maximum Gasteiger partial charge on any atom is 0.311 e. The Bertz CT molecular complexity index is 826. The zero-order valence-electron chi connectivity index (χ0n) is 12.1. The Kier molecular flexibility index (Phi) is 3.24. The first-order valence-electron chi connectivity index (χ1n) is 7.05. The van der Waals surface area contributed by atoms with Crippen molar-refractivity contribution in [2.45, 2.75) is 13.3 Å². The average Bonchev–Trinajstić information content (AvgIpc) is 2.90. The van der Waals surface area contributed by atoms with Crippen LogP contribution in [0.15, 0.2) is 35.1 Å². The van der Waals surface area contributed by atoms with Gasteiger partial charge in [0, 0.05) is 18.5 Å². The number of aromatic nitrogens is 1. The van der Waals surface area contributed by atoms with Gasteiger partial charge < -0.3 is 15.0 Å². The third-order valence-electron chi connectivity index (χ3n) is 4.26. The second-order valence-corrected chi connectivity index (χ2v) is 5.94. The minimum Gasteiger partial charge on any atom is -0.481 e. The van der Waals surface area contributed by atoms with Crippen LogP contribution in [0.3, 0.4) is 0 Å². The highest BCUT2D eigenvalue weighted by molar-refractivity contribution is 5.96. The first kappa shape index (κ1) is 14.3. The van der Waals surface area contributed by atoms with Crippen LogP contribution in [0.4, 0.5) is 0 Å². The van der Waals surface area contributed by atoms with Crippen LogP contribution in [0.5, 0.6) is 0 Å². The summed E-state index contributed by atoms with van der Waals surface area (Å²) in [5, 5.41) is 10.4. The van der Waals surface area contributed by atoms with Crippen molar-refractivity contribution in [3.05, 3.63) is 46.4 Å². The highest BCUT2D eigenvalue weighted by atomic mass is 16.4. The van der Waals surface area contributed by atoms with E-state index in [1.165, 1.54) is 4.90 Å². The molecule has 1 aliphatic rings. The Hall–Kier alpha value is -2.63. The van der Waals surface area contributed by atoms with Crippen molar-refractivity contribution in [3.63, 3.8) is 0 Å². The Morgan fingerprint density at radius 1 is 1.32 bits per heavy atom. The topological polar surface area (TPSA) is 90.5 Å². The molecule has 22 heavy (non-hydrogen) atoms. The molecule has 1 fully saturated rings. The summed E-state index contributed by atoms with van der Waals surface area (Å²) in [7, 11) is 0. The number of hydrogen-bond donors (Lipinski definition) is 2. The van der Waals surface area contributed by atoms with Gasteiger partial charge in [-0.25, -0.2) is 0 Å². The number of aromatic amines is 1. The Morgan fingerprint density at radius 2 is 2.05 bits per heavy atom. The van der Waals surface area contributed by atoms with Gasteiger partial charge in [-0.2, -0.15) is 0 Å². The normalized spacial score (nSPS) is 21.2. The molecule has 1 amide bonds. The fourth-order valence-electron chi connectivity index (χ4n) is 2.81. The summed E-state index contributed by atoms with van der Waals surface area (Å²) in [4.78, 5) is 39.9. The van der Waals surface area contributed by atoms with Crippen LogP contribution in [-0.2, 0) is 4.79 Å². The number of hydrogen-bond acceptors (Lipinski definition) is 3. The van der Waals surface area contributed by atoms with Crippen molar-refractivity contribution < 1.29 is 14.7 Å². The number of aliphatic carboxylic acids is 1. The van der Waals surface area contributed by atoms with Gasteiger partial charge in [0.2, 0.25) is 0 Å². The molecule has 1 atom stereocenters. The molecule has 6 heteroatoms. The van der Waals surface area contributed by atoms with Crippen LogP contribution >= 0.6 is 0 Å². The standard InChI is InChI=1S/C16H16N2O4/c1-16(15(21)22)6-7-18(9-16)14(20)12-8-10-4-2-3-5-11(10)13(19)17-12/h2-5,8H,6-7,9H2,1H3,(H,17,19)(H,21,22)/t16-/m1/s1. The average molecular weight is 300 g/mol. The van der Waals surface area contributed by atoms with Gasteiger partial charge in [-0.3, -0.25) is 14.4 Å². The summed E-state index contributed by atoms with van der Waals surface area (Å²) in [6, 6.07) is 8.66. The van der Waals surface area contributed by atoms with E-state index in [9.17, 15) is 19.5 Å². The SMILES string of the molecule is C[C@@]1(C(=O)O)CCN(C(=O)c2cc3ccccc3c(=O)[nH]2)C1. The third-order valence-corrected chi connectivity index (χ3v) is 4.26. The second kappa shape index (κ2) is 4.98. The van der Waals surface area contributed by atoms with Gasteiger partial charge in [0.1, 0.15) is 5.69 Å². The monoisotopic (exact) mass is 300 g/mol. The number of benzene rings is 1. The third kappa shape index (κ3) is 2.26. The molecule has 0 aliphatic carbocycles. The van der Waals surface area contributed by atoms with E-state index in [4.69, 9.17) is 0 Å². The Labute approximate surface area is 126 Å². The summed E-state index contributed by atoms with van der Waals surface area (Å²) in [5.41, 5.74) is -1.05. The molecule has 0 bridgehead atoms. The summed E-state index contributed by atoms with van der Waals surface area (Å²) < 4.78 is 0. The van der Waals surface area contributed by atoms with E-state index in [1.807, 2.05) is 0 Å². The van der Waals surface area contributed by atoms with Crippen LogP contribution in [0.25, 0.3) is 10.8 Å². The number of nitrogens with one attached hydrogen (secondary N) is 1. The first-order chi connectivity index (χ1) is 10.4. The van der Waals surface area contributed by atoms with Gasteiger partial charge >= 0.3 is 5.97 Å². The lowest BCUT2D eigenvalue weighted by atomic mass is 9.90. The second-order valence-electron chi connectivity index (χ2n) is 5.94. The smallest absolute Gasteiger partial charge is 0.311 e. The molecule has 1 saturated heterocycles. The van der Waals surface area contributed by atoms with Crippen LogP contribution < -0.4 is 5.56 Å². The number of amides is 1. The lowest BCUT2D eigenvalue weighted by Crippen LogP contribution is -2.35. The Morgan fingerprint density at radius 3 is 2.73 bits per heavy atom. The zero-order valence-corrected chi connectivity index (χ0v) is 12.1. The van der Waals surface area contributed by atoms with Gasteiger partial charge in [-0.15, -0.1) is 0 Å². The van der Waals surface area contributed by atoms with Crippen molar-refractivity contribution in [1.29, 1.82) is 0 Å². The summed E-state index contributed by atoms with van der Waals surface area (Å²) in [6.07, 6.45) is 0.409. The van der Waals surface area contributed by atoms with E-state index >= 15 is 0 Å². The molecule has 0 saturated carbocycles. The van der Waals surface area contributed by atoms with Crippen molar-refractivity contribution in [2.75, 3.05) is 13.1 Å². The molecular weight excluding hydrogens is 284 g/mol. The minimum absolute atomic E-state index is 0.149. The van der Waals surface area contributed by atoms with E-state index in [0.717, 1.165) is 0 Å². The predicted molar refractivity (Wildman–Crippen MR) is 80.8 cm³/mol.